The third-order valence-electron chi connectivity index (χ3n) is 16.4. The number of thiazole rings is 1. The van der Waals surface area contributed by atoms with Crippen LogP contribution in [-0.2, 0) is 14.3 Å². The van der Waals surface area contributed by atoms with Crippen molar-refractivity contribution in [2.75, 3.05) is 68.5 Å². The first-order chi connectivity index (χ1) is 38.3. The van der Waals surface area contributed by atoms with Crippen LogP contribution in [0.5, 0.6) is 23.3 Å². The van der Waals surface area contributed by atoms with Gasteiger partial charge in [-0.2, -0.15) is 0 Å². The molecule has 2 amide bonds. The molecule has 8 heterocycles. The molecule has 11 rings (SSSR count). The van der Waals surface area contributed by atoms with Crippen molar-refractivity contribution in [2.45, 2.75) is 127 Å². The number of anilines is 3. The molecule has 5 N–H and O–H groups in total. The second kappa shape index (κ2) is 23.3. The standard InChI is InChI=1S/C58H71N11O9S/c1-33(2)54(58(73)68-31-40(70)24-48(68)57(72)62-34(3)44-13-10-36(22-50(44)74-5)55-35(4)61-32-79-55)51-28-53(65-78-51)75-21-20-66-18-15-41(16-19-66)76-42-25-43(26-42)77-52-23-37(14-17-60-52)69-38-11-12-39(69)30-67(29-38)47-27-46(63-64-56(47)59)45-8-6-7-9-49(45)71/h6-10,13-14,17,22-23,27-28,32-34,38-43,48,54,70-71H,11-12,15-16,18-21,24-26,29-31H2,1-5H3,(H2,59,64)(H,62,72)/t34-,38+,39?,40+,42?,43?,48-,54+/m0/s1. The number of nitrogen functional groups attached to an aromatic ring is 1. The second-order valence-electron chi connectivity index (χ2n) is 22.1. The highest BCUT2D eigenvalue weighted by Crippen LogP contribution is 2.41. The van der Waals surface area contributed by atoms with Crippen LogP contribution in [0.4, 0.5) is 17.2 Å². The van der Waals surface area contributed by atoms with Gasteiger partial charge in [0.1, 0.15) is 36.2 Å². The first kappa shape index (κ1) is 53.9. The van der Waals surface area contributed by atoms with Crippen molar-refractivity contribution in [1.29, 1.82) is 0 Å². The molecule has 79 heavy (non-hydrogen) atoms. The normalized spacial score (nSPS) is 23.2. The summed E-state index contributed by atoms with van der Waals surface area (Å²) < 4.78 is 30.5. The van der Waals surface area contributed by atoms with Gasteiger partial charge >= 0.3 is 0 Å². The maximum absolute atomic E-state index is 14.3. The van der Waals surface area contributed by atoms with E-state index < -0.39 is 24.1 Å². The van der Waals surface area contributed by atoms with E-state index in [1.165, 1.54) is 4.90 Å². The summed E-state index contributed by atoms with van der Waals surface area (Å²) in [6, 6.07) is 20.0. The van der Waals surface area contributed by atoms with Crippen LogP contribution in [0.3, 0.4) is 0 Å². The number of carbonyl (C=O) groups excluding carboxylic acids is 2. The molecule has 1 unspecified atom stereocenters. The number of phenols is 1. The van der Waals surface area contributed by atoms with E-state index in [0.29, 0.717) is 53.5 Å². The van der Waals surface area contributed by atoms with Crippen molar-refractivity contribution in [3.05, 3.63) is 95.5 Å². The number of nitrogens with two attached hydrogens (primary N) is 1. The second-order valence-corrected chi connectivity index (χ2v) is 22.9. The summed E-state index contributed by atoms with van der Waals surface area (Å²) in [4.78, 5) is 46.9. The zero-order valence-corrected chi connectivity index (χ0v) is 46.3. The van der Waals surface area contributed by atoms with E-state index in [1.807, 2.05) is 75.8 Å². The third kappa shape index (κ3) is 11.7. The Labute approximate surface area is 464 Å². The van der Waals surface area contributed by atoms with Gasteiger partial charge in [-0.3, -0.25) is 14.5 Å². The van der Waals surface area contributed by atoms with Crippen LogP contribution >= 0.6 is 11.3 Å². The first-order valence-electron chi connectivity index (χ1n) is 27.7. The molecule has 5 aliphatic rings. The quantitative estimate of drug-likeness (QED) is 0.0629. The summed E-state index contributed by atoms with van der Waals surface area (Å²) >= 11 is 1.55. The molecule has 21 heteroatoms. The number of piperidine rings is 1. The van der Waals surface area contributed by atoms with E-state index in [-0.39, 0.29) is 66.8 Å². The van der Waals surface area contributed by atoms with Crippen LogP contribution in [0, 0.1) is 12.8 Å². The molecule has 0 radical (unpaired) electrons. The highest BCUT2D eigenvalue weighted by atomic mass is 32.1. The van der Waals surface area contributed by atoms with Gasteiger partial charge in [0.25, 0.3) is 5.88 Å². The molecular formula is C58H71N11O9S. The molecule has 4 saturated heterocycles. The fourth-order valence-electron chi connectivity index (χ4n) is 12.2. The van der Waals surface area contributed by atoms with Crippen LogP contribution in [0.1, 0.15) is 94.7 Å². The molecule has 6 aromatic rings. The molecule has 1 saturated carbocycles. The number of amides is 2. The van der Waals surface area contributed by atoms with E-state index in [2.05, 4.69) is 57.5 Å². The van der Waals surface area contributed by atoms with E-state index in [4.69, 9.17) is 29.2 Å². The highest BCUT2D eigenvalue weighted by Gasteiger charge is 2.45. The number of para-hydroxylation sites is 1. The van der Waals surface area contributed by atoms with Crippen molar-refractivity contribution in [3.8, 4) is 45.0 Å². The lowest BCUT2D eigenvalue weighted by Gasteiger charge is -2.43. The van der Waals surface area contributed by atoms with Crippen molar-refractivity contribution in [3.63, 3.8) is 0 Å². The molecule has 20 nitrogen and oxygen atoms in total. The van der Waals surface area contributed by atoms with Gasteiger partial charge in [-0.1, -0.05) is 38.1 Å². The van der Waals surface area contributed by atoms with Crippen molar-refractivity contribution in [2.24, 2.45) is 5.92 Å². The number of aliphatic hydroxyl groups excluding tert-OH is 1. The van der Waals surface area contributed by atoms with Crippen LogP contribution in [0.2, 0.25) is 0 Å². The minimum absolute atomic E-state index is 0.0284. The molecule has 2 aromatic carbocycles. The van der Waals surface area contributed by atoms with E-state index in [1.54, 1.807) is 36.6 Å². The summed E-state index contributed by atoms with van der Waals surface area (Å²) in [5, 5.41) is 37.1. The van der Waals surface area contributed by atoms with Crippen LogP contribution < -0.4 is 35.1 Å². The minimum Gasteiger partial charge on any atom is -0.507 e. The Morgan fingerprint density at radius 1 is 0.899 bits per heavy atom. The summed E-state index contributed by atoms with van der Waals surface area (Å²) in [5.41, 5.74) is 14.1. The van der Waals surface area contributed by atoms with Gasteiger partial charge in [-0.05, 0) is 86.5 Å². The SMILES string of the molecule is COc1cc(-c2scnc2C)ccc1[C@H](C)NC(=O)[C@@H]1C[C@@H](O)CN1C(=O)[C@@H](c1cc(OCCN2CCC(OC3CC(Oc4cc(N5C6CC[C@@H]5CN(c5cc(-c7ccccc7O)nnc5N)C6)ccn4)C3)CC2)no1)C(C)C. The van der Waals surface area contributed by atoms with Gasteiger partial charge in [0.2, 0.25) is 17.7 Å². The highest BCUT2D eigenvalue weighted by molar-refractivity contribution is 7.13. The number of aryl methyl sites for hydroxylation is 1. The van der Waals surface area contributed by atoms with Crippen molar-refractivity contribution < 1.29 is 43.3 Å². The lowest BCUT2D eigenvalue weighted by molar-refractivity contribution is -0.141. The summed E-state index contributed by atoms with van der Waals surface area (Å²) in [6.45, 7) is 12.2. The van der Waals surface area contributed by atoms with Gasteiger partial charge in [0.05, 0.1) is 58.9 Å². The largest absolute Gasteiger partial charge is 0.507 e. The van der Waals surface area contributed by atoms with E-state index >= 15 is 0 Å². The number of ether oxygens (including phenoxy) is 4. The molecule has 418 valence electrons. The molecule has 6 atom stereocenters. The molecule has 1 aliphatic carbocycles. The Morgan fingerprint density at radius 2 is 1.68 bits per heavy atom. The summed E-state index contributed by atoms with van der Waals surface area (Å²) in [7, 11) is 1.60. The number of phenolic OH excluding ortho intramolecular Hbond substituents is 1. The Hall–Kier alpha value is -7.07. The number of rotatable bonds is 19. The maximum Gasteiger partial charge on any atom is 0.254 e. The minimum atomic E-state index is -0.875. The summed E-state index contributed by atoms with van der Waals surface area (Å²) in [5.74, 6) is 0.830. The molecule has 0 spiro atoms. The van der Waals surface area contributed by atoms with Gasteiger partial charge in [0, 0.05) is 106 Å². The molecule has 2 bridgehead atoms. The number of nitrogens with zero attached hydrogens (tertiary/aromatic N) is 9. The van der Waals surface area contributed by atoms with Gasteiger partial charge < -0.3 is 59.4 Å². The first-order valence-corrected chi connectivity index (χ1v) is 28.6. The number of benzene rings is 2. The van der Waals surface area contributed by atoms with Gasteiger partial charge in [-0.15, -0.1) is 21.5 Å². The number of β-amino-alcohol motifs (C(OH)–C–C–N with tert-alkyl or cyclic N) is 1. The molecule has 4 aromatic heterocycles. The fraction of sp³-hybridized carbons (Fsp3) is 0.500. The number of hydrogen-bond donors (Lipinski definition) is 4. The van der Waals surface area contributed by atoms with Crippen molar-refractivity contribution >= 4 is 40.3 Å². The number of aromatic nitrogens is 5. The lowest BCUT2D eigenvalue weighted by atomic mass is 9.91. The average molecular weight is 1100 g/mol. The fourth-order valence-corrected chi connectivity index (χ4v) is 13.0. The predicted molar refractivity (Wildman–Crippen MR) is 298 cm³/mol. The lowest BCUT2D eigenvalue weighted by Crippen LogP contribution is -2.54. The smallest absolute Gasteiger partial charge is 0.254 e. The maximum atomic E-state index is 14.3. The zero-order chi connectivity index (χ0) is 54.9. The Kier molecular flexibility index (Phi) is 15.9. The summed E-state index contributed by atoms with van der Waals surface area (Å²) in [6.07, 6.45) is 7.13. The van der Waals surface area contributed by atoms with Gasteiger partial charge in [0.15, 0.2) is 11.6 Å². The molecule has 4 aliphatic heterocycles. The Morgan fingerprint density at radius 3 is 2.42 bits per heavy atom. The van der Waals surface area contributed by atoms with Gasteiger partial charge in [-0.25, -0.2) is 9.97 Å². The van der Waals surface area contributed by atoms with E-state index in [9.17, 15) is 19.8 Å². The van der Waals surface area contributed by atoms with Crippen LogP contribution in [-0.4, -0.2) is 153 Å². The number of hydrogen-bond acceptors (Lipinski definition) is 19. The number of piperazine rings is 1. The third-order valence-corrected chi connectivity index (χ3v) is 17.4. The number of methoxy groups -OCH3 is 1. The number of aliphatic hydroxyl groups is 1. The zero-order valence-electron chi connectivity index (χ0n) is 45.4. The number of aromatic hydroxyl groups is 1. The monoisotopic (exact) mass is 1100 g/mol. The Balaban J connectivity index is 0.606. The topological polar surface area (TPSA) is 240 Å². The van der Waals surface area contributed by atoms with Crippen molar-refractivity contribution in [1.82, 2.24) is 40.4 Å². The number of carbonyl (C=O) groups is 2. The number of nitrogens with one attached hydrogen (secondary N) is 1. The van der Waals surface area contributed by atoms with Crippen LogP contribution in [0.25, 0.3) is 21.7 Å². The molecular weight excluding hydrogens is 1030 g/mol. The van der Waals surface area contributed by atoms with Crippen LogP contribution in [0.15, 0.2) is 83.0 Å². The average Bonchev–Trinajstić information content (AvgIpc) is 4.36. The number of likely N-dealkylation sites (tertiary alicyclic amines) is 2. The number of pyridine rings is 1. The number of fused-ring (bicyclic) bond motifs is 2. The van der Waals surface area contributed by atoms with E-state index in [0.717, 1.165) is 97.8 Å². The Bertz CT molecular complexity index is 3090. The predicted octanol–water partition coefficient (Wildman–Crippen LogP) is 7.16. The molecule has 5 fully saturated rings.